The van der Waals surface area contributed by atoms with E-state index in [1.165, 1.54) is 17.7 Å². The Bertz CT molecular complexity index is 1110. The van der Waals surface area contributed by atoms with Crippen molar-refractivity contribution in [2.24, 2.45) is 0 Å². The van der Waals surface area contributed by atoms with Gasteiger partial charge in [0.1, 0.15) is 18.2 Å². The maximum atomic E-state index is 13.4. The first kappa shape index (κ1) is 17.9. The van der Waals surface area contributed by atoms with Crippen LogP contribution in [0.4, 0.5) is 10.1 Å². The molecule has 0 aliphatic carbocycles. The standard InChI is InChI=1S/C23H20FN3O/c24-18-9-6-10-19(15-18)25-23(28)16-27-21-12-5-4-11-20(21)26-22(27)14-13-17-7-2-1-3-8-17/h1-12,15H,13-14,16H2,(H,25,28). The van der Waals surface area contributed by atoms with Gasteiger partial charge in [-0.1, -0.05) is 48.5 Å². The van der Waals surface area contributed by atoms with Gasteiger partial charge in [0.15, 0.2) is 0 Å². The zero-order valence-corrected chi connectivity index (χ0v) is 15.3. The molecule has 3 aromatic carbocycles. The predicted octanol–water partition coefficient (Wildman–Crippen LogP) is 4.60. The fourth-order valence-corrected chi connectivity index (χ4v) is 3.30. The van der Waals surface area contributed by atoms with Gasteiger partial charge in [0, 0.05) is 12.1 Å². The minimum absolute atomic E-state index is 0.126. The number of nitrogens with one attached hydrogen (secondary N) is 1. The van der Waals surface area contributed by atoms with Crippen LogP contribution in [0, 0.1) is 5.82 Å². The number of rotatable bonds is 6. The van der Waals surface area contributed by atoms with E-state index >= 15 is 0 Å². The molecule has 0 spiro atoms. The Kier molecular flexibility index (Phi) is 5.15. The second-order valence-corrected chi connectivity index (χ2v) is 6.65. The zero-order valence-electron chi connectivity index (χ0n) is 15.3. The number of hydrogen-bond acceptors (Lipinski definition) is 2. The number of carbonyl (C=O) groups excluding carboxylic acids is 1. The fraction of sp³-hybridized carbons (Fsp3) is 0.130. The highest BCUT2D eigenvalue weighted by molar-refractivity contribution is 5.91. The molecule has 0 atom stereocenters. The molecule has 28 heavy (non-hydrogen) atoms. The van der Waals surface area contributed by atoms with E-state index in [1.807, 2.05) is 47.0 Å². The number of anilines is 1. The third kappa shape index (κ3) is 4.09. The fourth-order valence-electron chi connectivity index (χ4n) is 3.30. The van der Waals surface area contributed by atoms with Crippen LogP contribution < -0.4 is 5.32 Å². The zero-order chi connectivity index (χ0) is 19.3. The van der Waals surface area contributed by atoms with E-state index in [1.54, 1.807) is 12.1 Å². The number of carbonyl (C=O) groups is 1. The van der Waals surface area contributed by atoms with E-state index in [-0.39, 0.29) is 18.3 Å². The number of aryl methyl sites for hydroxylation is 2. The van der Waals surface area contributed by atoms with E-state index in [0.29, 0.717) is 5.69 Å². The summed E-state index contributed by atoms with van der Waals surface area (Å²) in [5.74, 6) is 0.267. The molecule has 5 heteroatoms. The second-order valence-electron chi connectivity index (χ2n) is 6.65. The molecule has 4 aromatic rings. The minimum Gasteiger partial charge on any atom is -0.324 e. The number of nitrogens with zero attached hydrogens (tertiary/aromatic N) is 2. The quantitative estimate of drug-likeness (QED) is 0.537. The highest BCUT2D eigenvalue weighted by Gasteiger charge is 2.14. The topological polar surface area (TPSA) is 46.9 Å². The summed E-state index contributed by atoms with van der Waals surface area (Å²) in [6, 6.07) is 23.9. The van der Waals surface area contributed by atoms with Crippen LogP contribution in [-0.2, 0) is 24.2 Å². The van der Waals surface area contributed by atoms with Crippen molar-refractivity contribution in [2.75, 3.05) is 5.32 Å². The number of imidazole rings is 1. The number of fused-ring (bicyclic) bond motifs is 1. The number of amides is 1. The number of halogens is 1. The van der Waals surface area contributed by atoms with Gasteiger partial charge < -0.3 is 9.88 Å². The van der Waals surface area contributed by atoms with Crippen LogP contribution in [-0.4, -0.2) is 15.5 Å². The van der Waals surface area contributed by atoms with Crippen LogP contribution >= 0.6 is 0 Å². The molecule has 0 saturated heterocycles. The van der Waals surface area contributed by atoms with Gasteiger partial charge in [0.25, 0.3) is 0 Å². The van der Waals surface area contributed by atoms with Crippen molar-refractivity contribution in [3.63, 3.8) is 0 Å². The van der Waals surface area contributed by atoms with E-state index in [4.69, 9.17) is 4.98 Å². The molecular formula is C23H20FN3O. The molecule has 4 rings (SSSR count). The first-order valence-electron chi connectivity index (χ1n) is 9.22. The van der Waals surface area contributed by atoms with Crippen molar-refractivity contribution in [3.8, 4) is 0 Å². The SMILES string of the molecule is O=C(Cn1c(CCc2ccccc2)nc2ccccc21)Nc1cccc(F)c1. The Balaban J connectivity index is 1.56. The lowest BCUT2D eigenvalue weighted by molar-refractivity contribution is -0.116. The van der Waals surface area contributed by atoms with Gasteiger partial charge >= 0.3 is 0 Å². The monoisotopic (exact) mass is 373 g/mol. The van der Waals surface area contributed by atoms with Crippen LogP contribution in [0.3, 0.4) is 0 Å². The second kappa shape index (κ2) is 8.05. The Hall–Kier alpha value is -3.47. The lowest BCUT2D eigenvalue weighted by atomic mass is 10.1. The molecule has 0 fully saturated rings. The van der Waals surface area contributed by atoms with Gasteiger partial charge in [-0.05, 0) is 42.3 Å². The lowest BCUT2D eigenvalue weighted by Gasteiger charge is -2.10. The van der Waals surface area contributed by atoms with E-state index in [9.17, 15) is 9.18 Å². The molecule has 0 unspecified atom stereocenters. The molecule has 140 valence electrons. The molecule has 1 N–H and O–H groups in total. The average molecular weight is 373 g/mol. The van der Waals surface area contributed by atoms with E-state index < -0.39 is 0 Å². The number of benzene rings is 3. The van der Waals surface area contributed by atoms with Crippen molar-refractivity contribution in [1.82, 2.24) is 9.55 Å². The smallest absolute Gasteiger partial charge is 0.244 e. The summed E-state index contributed by atoms with van der Waals surface area (Å²) in [5, 5.41) is 2.76. The average Bonchev–Trinajstić information content (AvgIpc) is 3.05. The van der Waals surface area contributed by atoms with Crippen LogP contribution in [0.25, 0.3) is 11.0 Å². The third-order valence-corrected chi connectivity index (χ3v) is 4.62. The van der Waals surface area contributed by atoms with Gasteiger partial charge in [-0.2, -0.15) is 0 Å². The van der Waals surface area contributed by atoms with Crippen LogP contribution in [0.2, 0.25) is 0 Å². The molecule has 0 aliphatic heterocycles. The number of para-hydroxylation sites is 2. The third-order valence-electron chi connectivity index (χ3n) is 4.62. The summed E-state index contributed by atoms with van der Waals surface area (Å²) >= 11 is 0. The van der Waals surface area contributed by atoms with Crippen LogP contribution in [0.15, 0.2) is 78.9 Å². The number of aromatic nitrogens is 2. The summed E-state index contributed by atoms with van der Waals surface area (Å²) < 4.78 is 15.3. The summed E-state index contributed by atoms with van der Waals surface area (Å²) in [7, 11) is 0. The summed E-state index contributed by atoms with van der Waals surface area (Å²) in [6.07, 6.45) is 1.57. The van der Waals surface area contributed by atoms with Crippen LogP contribution in [0.1, 0.15) is 11.4 Å². The summed E-state index contributed by atoms with van der Waals surface area (Å²) in [6.45, 7) is 0.126. The van der Waals surface area contributed by atoms with Crippen molar-refractivity contribution in [2.45, 2.75) is 19.4 Å². The number of hydrogen-bond donors (Lipinski definition) is 1. The molecular weight excluding hydrogens is 353 g/mol. The molecule has 0 saturated carbocycles. The molecule has 1 aromatic heterocycles. The lowest BCUT2D eigenvalue weighted by Crippen LogP contribution is -2.20. The maximum absolute atomic E-state index is 13.4. The molecule has 0 radical (unpaired) electrons. The molecule has 1 amide bonds. The van der Waals surface area contributed by atoms with Gasteiger partial charge in [-0.15, -0.1) is 0 Å². The Morgan fingerprint density at radius 2 is 1.71 bits per heavy atom. The molecule has 4 nitrogen and oxygen atoms in total. The Morgan fingerprint density at radius 3 is 2.54 bits per heavy atom. The first-order valence-corrected chi connectivity index (χ1v) is 9.22. The summed E-state index contributed by atoms with van der Waals surface area (Å²) in [5.41, 5.74) is 3.45. The predicted molar refractivity (Wildman–Crippen MR) is 109 cm³/mol. The van der Waals surface area contributed by atoms with Crippen molar-refractivity contribution in [1.29, 1.82) is 0 Å². The first-order chi connectivity index (χ1) is 13.7. The molecule has 0 aliphatic rings. The van der Waals surface area contributed by atoms with Crippen LogP contribution in [0.5, 0.6) is 0 Å². The van der Waals surface area contributed by atoms with Crippen molar-refractivity contribution >= 4 is 22.6 Å². The molecule has 0 bridgehead atoms. The van der Waals surface area contributed by atoms with E-state index in [0.717, 1.165) is 29.7 Å². The highest BCUT2D eigenvalue weighted by Crippen LogP contribution is 2.18. The summed E-state index contributed by atoms with van der Waals surface area (Å²) in [4.78, 5) is 17.3. The van der Waals surface area contributed by atoms with Gasteiger partial charge in [-0.25, -0.2) is 9.37 Å². The van der Waals surface area contributed by atoms with Gasteiger partial charge in [0.05, 0.1) is 11.0 Å². The van der Waals surface area contributed by atoms with E-state index in [2.05, 4.69) is 17.4 Å². The van der Waals surface area contributed by atoms with Crippen molar-refractivity contribution < 1.29 is 9.18 Å². The minimum atomic E-state index is -0.380. The largest absolute Gasteiger partial charge is 0.324 e. The molecule has 1 heterocycles. The van der Waals surface area contributed by atoms with Crippen molar-refractivity contribution in [3.05, 3.63) is 96.1 Å². The Labute approximate surface area is 162 Å². The normalized spacial score (nSPS) is 10.9. The Morgan fingerprint density at radius 1 is 0.929 bits per heavy atom. The highest BCUT2D eigenvalue weighted by atomic mass is 19.1. The van der Waals surface area contributed by atoms with Gasteiger partial charge in [-0.3, -0.25) is 4.79 Å². The van der Waals surface area contributed by atoms with Gasteiger partial charge in [0.2, 0.25) is 5.91 Å². The maximum Gasteiger partial charge on any atom is 0.244 e.